The van der Waals surface area contributed by atoms with E-state index in [4.69, 9.17) is 19.2 Å². The SMILES string of the molecule is C=C(OCC)c1cc(C(C)C)nc(C(C)C)c1OCOC. The molecule has 118 valence electrons. The van der Waals surface area contributed by atoms with Crippen molar-refractivity contribution in [3.63, 3.8) is 0 Å². The first kappa shape index (κ1) is 17.5. The summed E-state index contributed by atoms with van der Waals surface area (Å²) in [5, 5.41) is 0. The van der Waals surface area contributed by atoms with Gasteiger partial charge in [-0.2, -0.15) is 0 Å². The fourth-order valence-corrected chi connectivity index (χ4v) is 1.99. The Morgan fingerprint density at radius 3 is 2.38 bits per heavy atom. The molecule has 4 heteroatoms. The van der Waals surface area contributed by atoms with E-state index >= 15 is 0 Å². The highest BCUT2D eigenvalue weighted by atomic mass is 16.7. The third-order valence-electron chi connectivity index (χ3n) is 3.10. The van der Waals surface area contributed by atoms with Gasteiger partial charge in [-0.25, -0.2) is 0 Å². The van der Waals surface area contributed by atoms with Crippen LogP contribution in [0.15, 0.2) is 12.6 Å². The number of hydrogen-bond donors (Lipinski definition) is 0. The van der Waals surface area contributed by atoms with E-state index in [1.807, 2.05) is 13.0 Å². The van der Waals surface area contributed by atoms with Crippen LogP contribution in [0.25, 0.3) is 5.76 Å². The molecule has 0 atom stereocenters. The Balaban J connectivity index is 3.42. The van der Waals surface area contributed by atoms with E-state index in [9.17, 15) is 0 Å². The van der Waals surface area contributed by atoms with Crippen molar-refractivity contribution in [2.45, 2.75) is 46.5 Å². The van der Waals surface area contributed by atoms with Crippen LogP contribution < -0.4 is 4.74 Å². The quantitative estimate of drug-likeness (QED) is 0.529. The number of ether oxygens (including phenoxy) is 3. The molecule has 21 heavy (non-hydrogen) atoms. The second-order valence-corrected chi connectivity index (χ2v) is 5.53. The Morgan fingerprint density at radius 2 is 1.90 bits per heavy atom. The first-order valence-corrected chi connectivity index (χ1v) is 7.40. The van der Waals surface area contributed by atoms with Crippen molar-refractivity contribution < 1.29 is 14.2 Å². The fraction of sp³-hybridized carbons (Fsp3) is 0.588. The molecule has 0 saturated carbocycles. The third kappa shape index (κ3) is 4.46. The molecule has 0 N–H and O–H groups in total. The van der Waals surface area contributed by atoms with Crippen LogP contribution in [0.3, 0.4) is 0 Å². The summed E-state index contributed by atoms with van der Waals surface area (Å²) in [7, 11) is 1.60. The van der Waals surface area contributed by atoms with Crippen LogP contribution in [0.5, 0.6) is 5.75 Å². The van der Waals surface area contributed by atoms with Gasteiger partial charge in [0.05, 0.1) is 17.9 Å². The van der Waals surface area contributed by atoms with Gasteiger partial charge < -0.3 is 14.2 Å². The van der Waals surface area contributed by atoms with E-state index in [0.29, 0.717) is 24.0 Å². The summed E-state index contributed by atoms with van der Waals surface area (Å²) in [5.74, 6) is 1.88. The molecule has 0 unspecified atom stereocenters. The zero-order valence-electron chi connectivity index (χ0n) is 14.0. The lowest BCUT2D eigenvalue weighted by Crippen LogP contribution is -2.10. The van der Waals surface area contributed by atoms with Crippen molar-refractivity contribution in [2.24, 2.45) is 0 Å². The van der Waals surface area contributed by atoms with Gasteiger partial charge in [0.25, 0.3) is 0 Å². The van der Waals surface area contributed by atoms with E-state index in [1.54, 1.807) is 7.11 Å². The van der Waals surface area contributed by atoms with Gasteiger partial charge >= 0.3 is 0 Å². The molecule has 1 heterocycles. The minimum absolute atomic E-state index is 0.175. The predicted octanol–water partition coefficient (Wildman–Crippen LogP) is 4.32. The Hall–Kier alpha value is -1.55. The molecular weight excluding hydrogens is 266 g/mol. The standard InChI is InChI=1S/C17H27NO3/c1-8-20-13(6)14-9-15(11(2)3)18-16(12(4)5)17(14)21-10-19-7/h9,11-12H,6,8,10H2,1-5,7H3. The van der Waals surface area contributed by atoms with Crippen LogP contribution in [0, 0.1) is 0 Å². The maximum absolute atomic E-state index is 5.76. The van der Waals surface area contributed by atoms with Gasteiger partial charge in [-0.05, 0) is 24.8 Å². The monoisotopic (exact) mass is 293 g/mol. The smallest absolute Gasteiger partial charge is 0.188 e. The largest absolute Gasteiger partial charge is 0.494 e. The second kappa shape index (κ2) is 8.03. The molecule has 0 aromatic carbocycles. The topological polar surface area (TPSA) is 40.6 Å². The molecule has 1 rings (SSSR count). The van der Waals surface area contributed by atoms with Gasteiger partial charge in [-0.3, -0.25) is 4.98 Å². The van der Waals surface area contributed by atoms with Gasteiger partial charge in [0.2, 0.25) is 0 Å². The molecule has 1 aromatic heterocycles. The first-order chi connectivity index (χ1) is 9.92. The maximum atomic E-state index is 5.76. The summed E-state index contributed by atoms with van der Waals surface area (Å²) in [5.41, 5.74) is 2.78. The molecule has 0 saturated heterocycles. The number of hydrogen-bond acceptors (Lipinski definition) is 4. The van der Waals surface area contributed by atoms with E-state index in [-0.39, 0.29) is 12.7 Å². The zero-order valence-corrected chi connectivity index (χ0v) is 14.0. The van der Waals surface area contributed by atoms with Crippen molar-refractivity contribution in [3.05, 3.63) is 29.6 Å². The Kier molecular flexibility index (Phi) is 6.69. The number of pyridine rings is 1. The molecule has 0 bridgehead atoms. The first-order valence-electron chi connectivity index (χ1n) is 7.40. The van der Waals surface area contributed by atoms with Crippen LogP contribution in [-0.2, 0) is 9.47 Å². The average Bonchev–Trinajstić information content (AvgIpc) is 2.44. The zero-order chi connectivity index (χ0) is 16.0. The Labute approximate surface area is 128 Å². The minimum Gasteiger partial charge on any atom is -0.494 e. The minimum atomic E-state index is 0.175. The van der Waals surface area contributed by atoms with Crippen molar-refractivity contribution in [1.82, 2.24) is 4.98 Å². The van der Waals surface area contributed by atoms with Crippen LogP contribution in [-0.4, -0.2) is 25.5 Å². The molecule has 4 nitrogen and oxygen atoms in total. The van der Waals surface area contributed by atoms with Gasteiger partial charge in [0.1, 0.15) is 5.76 Å². The highest BCUT2D eigenvalue weighted by molar-refractivity contribution is 5.66. The molecule has 0 spiro atoms. The number of methoxy groups -OCH3 is 1. The molecular formula is C17H27NO3. The molecule has 0 aliphatic heterocycles. The van der Waals surface area contributed by atoms with E-state index in [2.05, 4.69) is 34.3 Å². The molecule has 1 aromatic rings. The van der Waals surface area contributed by atoms with Crippen LogP contribution >= 0.6 is 0 Å². The maximum Gasteiger partial charge on any atom is 0.188 e. The molecule has 0 amide bonds. The van der Waals surface area contributed by atoms with Crippen molar-refractivity contribution in [2.75, 3.05) is 20.5 Å². The summed E-state index contributed by atoms with van der Waals surface area (Å²) < 4.78 is 16.4. The molecule has 0 fully saturated rings. The number of aromatic nitrogens is 1. The highest BCUT2D eigenvalue weighted by Crippen LogP contribution is 2.35. The summed E-state index contributed by atoms with van der Waals surface area (Å²) in [6.45, 7) is 15.1. The van der Waals surface area contributed by atoms with Gasteiger partial charge in [0.15, 0.2) is 12.5 Å². The lowest BCUT2D eigenvalue weighted by atomic mass is 10.00. The van der Waals surface area contributed by atoms with Gasteiger partial charge in [0, 0.05) is 12.8 Å². The predicted molar refractivity (Wildman–Crippen MR) is 85.6 cm³/mol. The van der Waals surface area contributed by atoms with E-state index in [1.165, 1.54) is 0 Å². The molecule has 0 aliphatic carbocycles. The second-order valence-electron chi connectivity index (χ2n) is 5.53. The van der Waals surface area contributed by atoms with Crippen molar-refractivity contribution in [1.29, 1.82) is 0 Å². The summed E-state index contributed by atoms with van der Waals surface area (Å²) in [6, 6.07) is 2.00. The van der Waals surface area contributed by atoms with Crippen LogP contribution in [0.1, 0.15) is 63.4 Å². The molecule has 0 aliphatic rings. The fourth-order valence-electron chi connectivity index (χ4n) is 1.99. The van der Waals surface area contributed by atoms with E-state index < -0.39 is 0 Å². The summed E-state index contributed by atoms with van der Waals surface area (Å²) >= 11 is 0. The normalized spacial score (nSPS) is 11.0. The van der Waals surface area contributed by atoms with Crippen molar-refractivity contribution >= 4 is 5.76 Å². The number of nitrogens with zero attached hydrogens (tertiary/aromatic N) is 1. The van der Waals surface area contributed by atoms with E-state index in [0.717, 1.165) is 17.0 Å². The van der Waals surface area contributed by atoms with Gasteiger partial charge in [-0.1, -0.05) is 34.3 Å². The summed E-state index contributed by atoms with van der Waals surface area (Å²) in [4.78, 5) is 4.75. The number of rotatable bonds is 8. The van der Waals surface area contributed by atoms with Crippen LogP contribution in [0.4, 0.5) is 0 Å². The van der Waals surface area contributed by atoms with Gasteiger partial charge in [-0.15, -0.1) is 0 Å². The molecule has 0 radical (unpaired) electrons. The lowest BCUT2D eigenvalue weighted by molar-refractivity contribution is 0.0494. The Bertz CT molecular complexity index is 481. The average molecular weight is 293 g/mol. The third-order valence-corrected chi connectivity index (χ3v) is 3.10. The summed E-state index contributed by atoms with van der Waals surface area (Å²) in [6.07, 6.45) is 0. The van der Waals surface area contributed by atoms with Crippen molar-refractivity contribution in [3.8, 4) is 5.75 Å². The highest BCUT2D eigenvalue weighted by Gasteiger charge is 2.20. The Morgan fingerprint density at radius 1 is 1.24 bits per heavy atom. The van der Waals surface area contributed by atoms with Crippen LogP contribution in [0.2, 0.25) is 0 Å². The lowest BCUT2D eigenvalue weighted by Gasteiger charge is -2.20.